The molecule has 4 nitrogen and oxygen atoms in total. The van der Waals surface area contributed by atoms with E-state index in [1.54, 1.807) is 0 Å². The molecule has 1 aromatic carbocycles. The molecule has 3 rings (SSSR count). The van der Waals surface area contributed by atoms with Crippen LogP contribution in [0.3, 0.4) is 0 Å². The predicted octanol–water partition coefficient (Wildman–Crippen LogP) is 3.54. The molecule has 1 atom stereocenters. The highest BCUT2D eigenvalue weighted by Crippen LogP contribution is 2.39. The maximum absolute atomic E-state index is 13.9. The molecule has 2 heterocycles. The number of anilines is 2. The SMILES string of the molecule is Nc1c(-c2cc(F)ccc2F)ncnc1N1CCC[C@@H]1C(F)(F)F. The van der Waals surface area contributed by atoms with Crippen molar-refractivity contribution < 1.29 is 22.0 Å². The third kappa shape index (κ3) is 2.85. The molecule has 0 unspecified atom stereocenters. The summed E-state index contributed by atoms with van der Waals surface area (Å²) >= 11 is 0. The molecule has 1 fully saturated rings. The van der Waals surface area contributed by atoms with Gasteiger partial charge < -0.3 is 10.6 Å². The van der Waals surface area contributed by atoms with E-state index in [1.165, 1.54) is 0 Å². The molecule has 1 aliphatic heterocycles. The largest absolute Gasteiger partial charge is 0.408 e. The number of hydrogen-bond donors (Lipinski definition) is 1. The molecule has 2 N–H and O–H groups in total. The fourth-order valence-corrected chi connectivity index (χ4v) is 2.87. The monoisotopic (exact) mass is 344 g/mol. The summed E-state index contributed by atoms with van der Waals surface area (Å²) in [5, 5.41) is 0. The summed E-state index contributed by atoms with van der Waals surface area (Å²) in [6, 6.07) is 1.01. The van der Waals surface area contributed by atoms with Crippen molar-refractivity contribution >= 4 is 11.5 Å². The van der Waals surface area contributed by atoms with Crippen LogP contribution in [0.15, 0.2) is 24.5 Å². The molecular weight excluding hydrogens is 331 g/mol. The van der Waals surface area contributed by atoms with Crippen LogP contribution in [0.2, 0.25) is 0 Å². The molecule has 24 heavy (non-hydrogen) atoms. The Balaban J connectivity index is 2.08. The van der Waals surface area contributed by atoms with E-state index >= 15 is 0 Å². The fraction of sp³-hybridized carbons (Fsp3) is 0.333. The number of hydrogen-bond acceptors (Lipinski definition) is 4. The molecule has 1 aromatic heterocycles. The van der Waals surface area contributed by atoms with Crippen LogP contribution in [-0.4, -0.2) is 28.7 Å². The van der Waals surface area contributed by atoms with Gasteiger partial charge in [0.25, 0.3) is 0 Å². The van der Waals surface area contributed by atoms with Crippen molar-refractivity contribution in [1.29, 1.82) is 0 Å². The van der Waals surface area contributed by atoms with E-state index in [-0.39, 0.29) is 35.7 Å². The lowest BCUT2D eigenvalue weighted by atomic mass is 10.1. The Morgan fingerprint density at radius 3 is 2.62 bits per heavy atom. The van der Waals surface area contributed by atoms with E-state index < -0.39 is 23.9 Å². The second-order valence-corrected chi connectivity index (χ2v) is 5.48. The lowest BCUT2D eigenvalue weighted by Gasteiger charge is -2.28. The van der Waals surface area contributed by atoms with Crippen LogP contribution in [0.25, 0.3) is 11.3 Å². The zero-order valence-electron chi connectivity index (χ0n) is 12.3. The Hall–Kier alpha value is -2.45. The molecule has 0 amide bonds. The van der Waals surface area contributed by atoms with E-state index in [9.17, 15) is 22.0 Å². The van der Waals surface area contributed by atoms with Gasteiger partial charge in [-0.15, -0.1) is 0 Å². The van der Waals surface area contributed by atoms with Crippen molar-refractivity contribution in [2.45, 2.75) is 25.1 Å². The molecule has 2 aromatic rings. The third-order valence-electron chi connectivity index (χ3n) is 3.95. The predicted molar refractivity (Wildman–Crippen MR) is 78.2 cm³/mol. The maximum Gasteiger partial charge on any atom is 0.408 e. The van der Waals surface area contributed by atoms with Crippen molar-refractivity contribution in [1.82, 2.24) is 9.97 Å². The van der Waals surface area contributed by atoms with Crippen molar-refractivity contribution in [3.63, 3.8) is 0 Å². The van der Waals surface area contributed by atoms with Gasteiger partial charge in [-0.3, -0.25) is 0 Å². The first kappa shape index (κ1) is 16.4. The van der Waals surface area contributed by atoms with Gasteiger partial charge in [0.2, 0.25) is 0 Å². The summed E-state index contributed by atoms with van der Waals surface area (Å²) in [6.45, 7) is 0.121. The molecule has 1 aliphatic rings. The first-order chi connectivity index (χ1) is 11.3. The number of aromatic nitrogens is 2. The minimum absolute atomic E-state index is 0.0728. The minimum Gasteiger partial charge on any atom is -0.394 e. The molecule has 0 radical (unpaired) electrons. The van der Waals surface area contributed by atoms with Gasteiger partial charge in [-0.2, -0.15) is 13.2 Å². The van der Waals surface area contributed by atoms with Crippen LogP contribution in [0.5, 0.6) is 0 Å². The molecule has 1 saturated heterocycles. The molecule has 0 aliphatic carbocycles. The quantitative estimate of drug-likeness (QED) is 0.847. The van der Waals surface area contributed by atoms with Gasteiger partial charge in [-0.1, -0.05) is 0 Å². The summed E-state index contributed by atoms with van der Waals surface area (Å²) in [7, 11) is 0. The summed E-state index contributed by atoms with van der Waals surface area (Å²) in [6.07, 6.45) is -3.18. The zero-order chi connectivity index (χ0) is 17.5. The molecule has 0 spiro atoms. The number of nitrogens with two attached hydrogens (primary N) is 1. The van der Waals surface area contributed by atoms with Crippen molar-refractivity contribution in [2.24, 2.45) is 0 Å². The fourth-order valence-electron chi connectivity index (χ4n) is 2.87. The van der Waals surface area contributed by atoms with E-state index in [4.69, 9.17) is 5.73 Å². The lowest BCUT2D eigenvalue weighted by Crippen LogP contribution is -2.42. The van der Waals surface area contributed by atoms with Crippen molar-refractivity contribution in [3.05, 3.63) is 36.2 Å². The number of benzene rings is 1. The summed E-state index contributed by atoms with van der Waals surface area (Å²) in [5.41, 5.74) is 5.33. The maximum atomic E-state index is 13.9. The van der Waals surface area contributed by atoms with Crippen molar-refractivity contribution in [3.8, 4) is 11.3 Å². The highest BCUT2D eigenvalue weighted by molar-refractivity contribution is 5.81. The normalized spacial score (nSPS) is 18.2. The van der Waals surface area contributed by atoms with Crippen LogP contribution in [0.1, 0.15) is 12.8 Å². The van der Waals surface area contributed by atoms with Crippen LogP contribution >= 0.6 is 0 Å². The van der Waals surface area contributed by atoms with Gasteiger partial charge in [0.05, 0.1) is 0 Å². The summed E-state index contributed by atoms with van der Waals surface area (Å²) < 4.78 is 66.7. The molecular formula is C15H13F5N4. The highest BCUT2D eigenvalue weighted by atomic mass is 19.4. The molecule has 0 bridgehead atoms. The van der Waals surface area contributed by atoms with Crippen molar-refractivity contribution in [2.75, 3.05) is 17.2 Å². The lowest BCUT2D eigenvalue weighted by molar-refractivity contribution is -0.146. The van der Waals surface area contributed by atoms with Crippen LogP contribution in [-0.2, 0) is 0 Å². The standard InChI is InChI=1S/C15H13F5N4/c16-8-3-4-10(17)9(6-8)13-12(21)14(23-7-22-13)24-5-1-2-11(24)15(18,19)20/h3-4,6-7,11H,1-2,5,21H2/t11-/m1/s1. The number of rotatable bonds is 2. The topological polar surface area (TPSA) is 55.0 Å². The van der Waals surface area contributed by atoms with Crippen LogP contribution < -0.4 is 10.6 Å². The Morgan fingerprint density at radius 1 is 1.17 bits per heavy atom. The first-order valence-electron chi connectivity index (χ1n) is 7.18. The Bertz CT molecular complexity index is 762. The summed E-state index contributed by atoms with van der Waals surface area (Å²) in [4.78, 5) is 8.69. The number of halogens is 5. The smallest absolute Gasteiger partial charge is 0.394 e. The Labute approximate surface area is 134 Å². The van der Waals surface area contributed by atoms with Gasteiger partial charge >= 0.3 is 6.18 Å². The molecule has 128 valence electrons. The third-order valence-corrected chi connectivity index (χ3v) is 3.95. The Morgan fingerprint density at radius 2 is 1.92 bits per heavy atom. The zero-order valence-corrected chi connectivity index (χ0v) is 12.3. The van der Waals surface area contributed by atoms with E-state index in [2.05, 4.69) is 9.97 Å². The van der Waals surface area contributed by atoms with Crippen LogP contribution in [0.4, 0.5) is 33.5 Å². The average molecular weight is 344 g/mol. The van der Waals surface area contributed by atoms with E-state index in [0.717, 1.165) is 29.4 Å². The minimum atomic E-state index is -4.43. The number of nitrogen functional groups attached to an aromatic ring is 1. The van der Waals surface area contributed by atoms with Gasteiger partial charge in [-0.25, -0.2) is 18.7 Å². The van der Waals surface area contributed by atoms with Gasteiger partial charge in [0.15, 0.2) is 5.82 Å². The summed E-state index contributed by atoms with van der Waals surface area (Å²) in [5.74, 6) is -1.61. The Kier molecular flexibility index (Phi) is 4.02. The molecule has 9 heteroatoms. The van der Waals surface area contributed by atoms with Crippen LogP contribution in [0, 0.1) is 11.6 Å². The second kappa shape index (κ2) is 5.88. The van der Waals surface area contributed by atoms with E-state index in [1.807, 2.05) is 0 Å². The van der Waals surface area contributed by atoms with Gasteiger partial charge in [0, 0.05) is 12.1 Å². The highest BCUT2D eigenvalue weighted by Gasteiger charge is 2.47. The van der Waals surface area contributed by atoms with Gasteiger partial charge in [-0.05, 0) is 31.0 Å². The molecule has 0 saturated carbocycles. The number of alkyl halides is 3. The first-order valence-corrected chi connectivity index (χ1v) is 7.18. The average Bonchev–Trinajstić information content (AvgIpc) is 3.00. The number of nitrogens with zero attached hydrogens (tertiary/aromatic N) is 3. The van der Waals surface area contributed by atoms with Gasteiger partial charge in [0.1, 0.15) is 35.4 Å². The van der Waals surface area contributed by atoms with E-state index in [0.29, 0.717) is 6.42 Å². The second-order valence-electron chi connectivity index (χ2n) is 5.48.